The van der Waals surface area contributed by atoms with Gasteiger partial charge in [-0.1, -0.05) is 0 Å². The first-order chi connectivity index (χ1) is 12.2. The molecule has 0 aromatic carbocycles. The van der Waals surface area contributed by atoms with Crippen LogP contribution in [0.25, 0.3) is 0 Å². The number of methoxy groups -OCH3 is 1. The zero-order valence-electron chi connectivity index (χ0n) is 15.9. The summed E-state index contributed by atoms with van der Waals surface area (Å²) in [7, 11) is 6.68. The van der Waals surface area contributed by atoms with E-state index in [0.717, 1.165) is 10.7 Å². The minimum absolute atomic E-state index is 0.0369. The number of rotatable bonds is 9. The first-order valence-electron chi connectivity index (χ1n) is 8.30. The Morgan fingerprint density at radius 1 is 1.42 bits per heavy atom. The third kappa shape index (κ3) is 8.33. The fourth-order valence-electron chi connectivity index (χ4n) is 2.32. The van der Waals surface area contributed by atoms with E-state index in [1.807, 2.05) is 24.3 Å². The van der Waals surface area contributed by atoms with Crippen LogP contribution in [0.5, 0.6) is 0 Å². The number of alkyl halides is 3. The van der Waals surface area contributed by atoms with Gasteiger partial charge in [0.25, 0.3) is 0 Å². The summed E-state index contributed by atoms with van der Waals surface area (Å²) in [6, 6.07) is 0. The minimum atomic E-state index is -4.16. The van der Waals surface area contributed by atoms with E-state index in [1.165, 1.54) is 11.9 Å². The van der Waals surface area contributed by atoms with Crippen molar-refractivity contribution < 1.29 is 17.9 Å². The van der Waals surface area contributed by atoms with E-state index in [2.05, 4.69) is 15.3 Å². The molecule has 1 unspecified atom stereocenters. The lowest BCUT2D eigenvalue weighted by Crippen LogP contribution is -2.40. The molecule has 0 spiro atoms. The van der Waals surface area contributed by atoms with Gasteiger partial charge >= 0.3 is 6.18 Å². The van der Waals surface area contributed by atoms with Crippen LogP contribution in [0.4, 0.5) is 13.2 Å². The van der Waals surface area contributed by atoms with Gasteiger partial charge in [0.05, 0.1) is 18.8 Å². The molecule has 1 heterocycles. The van der Waals surface area contributed by atoms with Crippen molar-refractivity contribution in [2.75, 3.05) is 47.9 Å². The van der Waals surface area contributed by atoms with Gasteiger partial charge in [-0.25, -0.2) is 4.98 Å². The van der Waals surface area contributed by atoms with Gasteiger partial charge in [-0.15, -0.1) is 11.3 Å². The fraction of sp³-hybridized carbons (Fsp3) is 0.750. The van der Waals surface area contributed by atoms with Crippen LogP contribution in [-0.2, 0) is 11.3 Å². The first kappa shape index (κ1) is 22.7. The summed E-state index contributed by atoms with van der Waals surface area (Å²) in [6.45, 7) is 2.54. The van der Waals surface area contributed by atoms with Crippen molar-refractivity contribution in [1.29, 1.82) is 0 Å². The van der Waals surface area contributed by atoms with Gasteiger partial charge in [-0.3, -0.25) is 9.89 Å². The Hall–Kier alpha value is -1.39. The molecule has 1 atom stereocenters. The van der Waals surface area contributed by atoms with Gasteiger partial charge in [0.15, 0.2) is 5.96 Å². The highest BCUT2D eigenvalue weighted by Gasteiger charge is 2.28. The zero-order valence-corrected chi connectivity index (χ0v) is 16.7. The second-order valence-electron chi connectivity index (χ2n) is 6.09. The van der Waals surface area contributed by atoms with Crippen LogP contribution in [-0.4, -0.2) is 74.8 Å². The van der Waals surface area contributed by atoms with Gasteiger partial charge in [0.2, 0.25) is 0 Å². The monoisotopic (exact) mass is 395 g/mol. The van der Waals surface area contributed by atoms with Crippen molar-refractivity contribution >= 4 is 17.3 Å². The minimum Gasteiger partial charge on any atom is -0.375 e. The number of guanidine groups is 1. The van der Waals surface area contributed by atoms with Crippen LogP contribution in [0.2, 0.25) is 0 Å². The molecule has 6 nitrogen and oxygen atoms in total. The van der Waals surface area contributed by atoms with Crippen molar-refractivity contribution in [2.45, 2.75) is 32.2 Å². The Morgan fingerprint density at radius 2 is 2.12 bits per heavy atom. The second kappa shape index (κ2) is 10.7. The van der Waals surface area contributed by atoms with Crippen molar-refractivity contribution in [1.82, 2.24) is 20.1 Å². The van der Waals surface area contributed by atoms with E-state index in [-0.39, 0.29) is 6.10 Å². The predicted molar refractivity (Wildman–Crippen MR) is 98.5 cm³/mol. The molecule has 26 heavy (non-hydrogen) atoms. The Balaban J connectivity index is 2.40. The number of nitrogens with one attached hydrogen (secondary N) is 1. The van der Waals surface area contributed by atoms with Gasteiger partial charge in [-0.2, -0.15) is 13.2 Å². The van der Waals surface area contributed by atoms with Crippen LogP contribution < -0.4 is 5.32 Å². The van der Waals surface area contributed by atoms with E-state index in [9.17, 15) is 13.2 Å². The molecule has 0 saturated carbocycles. The van der Waals surface area contributed by atoms with Crippen LogP contribution in [0.3, 0.4) is 0 Å². The molecule has 1 N–H and O–H groups in total. The molecule has 0 aliphatic heterocycles. The summed E-state index contributed by atoms with van der Waals surface area (Å²) in [5, 5.41) is 6.08. The second-order valence-corrected chi connectivity index (χ2v) is 6.98. The number of thiazole rings is 1. The molecule has 150 valence electrons. The van der Waals surface area contributed by atoms with E-state index in [0.29, 0.717) is 32.0 Å². The maximum Gasteiger partial charge on any atom is 0.401 e. The van der Waals surface area contributed by atoms with Gasteiger partial charge < -0.3 is 15.0 Å². The summed E-state index contributed by atoms with van der Waals surface area (Å²) in [5.74, 6) is 0.679. The van der Waals surface area contributed by atoms with Crippen LogP contribution in [0, 0.1) is 0 Å². The van der Waals surface area contributed by atoms with E-state index >= 15 is 0 Å². The summed E-state index contributed by atoms with van der Waals surface area (Å²) in [4.78, 5) is 11.9. The first-order valence-corrected chi connectivity index (χ1v) is 9.18. The molecular weight excluding hydrogens is 367 g/mol. The normalized spacial score (nSPS) is 14.0. The van der Waals surface area contributed by atoms with Crippen molar-refractivity contribution in [3.63, 3.8) is 0 Å². The Labute approximate surface area is 157 Å². The number of halogens is 3. The summed E-state index contributed by atoms with van der Waals surface area (Å²) in [5.41, 5.74) is 0.921. The van der Waals surface area contributed by atoms with E-state index in [4.69, 9.17) is 4.74 Å². The Morgan fingerprint density at radius 3 is 2.69 bits per heavy atom. The number of ether oxygens (including phenoxy) is 1. The highest BCUT2D eigenvalue weighted by atomic mass is 32.1. The van der Waals surface area contributed by atoms with E-state index < -0.39 is 12.7 Å². The molecule has 0 aliphatic carbocycles. The summed E-state index contributed by atoms with van der Waals surface area (Å²) in [6.07, 6.45) is -3.61. The highest BCUT2D eigenvalue weighted by Crippen LogP contribution is 2.21. The molecule has 0 bridgehead atoms. The number of hydrogen-bond donors (Lipinski definition) is 1. The largest absolute Gasteiger partial charge is 0.401 e. The fourth-order valence-corrected chi connectivity index (χ4v) is 3.16. The number of aliphatic imine (C=N–C) groups is 1. The standard InChI is InChI=1S/C16H28F3N5OS/c1-12(25-5)14-22-13(10-26-14)9-24(4)15(20-2)21-7-6-8-23(3)11-16(17,18)19/h10,12H,6-9,11H2,1-5H3,(H,20,21). The average molecular weight is 395 g/mol. The molecule has 10 heteroatoms. The molecule has 1 aromatic rings. The van der Waals surface area contributed by atoms with Gasteiger partial charge in [0.1, 0.15) is 11.1 Å². The van der Waals surface area contributed by atoms with Crippen molar-refractivity contribution in [2.24, 2.45) is 4.99 Å². The van der Waals surface area contributed by atoms with Crippen molar-refractivity contribution in [3.8, 4) is 0 Å². The number of aromatic nitrogens is 1. The quantitative estimate of drug-likeness (QED) is 0.396. The summed E-state index contributed by atoms with van der Waals surface area (Å²) >= 11 is 1.55. The molecule has 0 fully saturated rings. The topological polar surface area (TPSA) is 53.0 Å². The molecule has 1 aromatic heterocycles. The predicted octanol–water partition coefficient (Wildman–Crippen LogP) is 2.74. The van der Waals surface area contributed by atoms with E-state index in [1.54, 1.807) is 25.5 Å². The third-order valence-electron chi connectivity index (χ3n) is 3.69. The average Bonchev–Trinajstić information content (AvgIpc) is 3.00. The lowest BCUT2D eigenvalue weighted by molar-refractivity contribution is -0.143. The number of nitrogens with zero attached hydrogens (tertiary/aromatic N) is 4. The van der Waals surface area contributed by atoms with Crippen LogP contribution >= 0.6 is 11.3 Å². The maximum absolute atomic E-state index is 12.3. The van der Waals surface area contributed by atoms with Gasteiger partial charge in [0, 0.05) is 33.1 Å². The Kier molecular flexibility index (Phi) is 9.31. The lowest BCUT2D eigenvalue weighted by atomic mass is 10.3. The SMILES string of the molecule is CN=C(NCCCN(C)CC(F)(F)F)N(C)Cc1csc(C(C)OC)n1. The molecule has 0 aliphatic rings. The molecule has 0 radical (unpaired) electrons. The molecule has 1 rings (SSSR count). The van der Waals surface area contributed by atoms with Crippen molar-refractivity contribution in [3.05, 3.63) is 16.1 Å². The Bertz CT molecular complexity index is 564. The molecular formula is C16H28F3N5OS. The smallest absolute Gasteiger partial charge is 0.375 e. The highest BCUT2D eigenvalue weighted by molar-refractivity contribution is 7.09. The van der Waals surface area contributed by atoms with Crippen LogP contribution in [0.1, 0.15) is 30.2 Å². The van der Waals surface area contributed by atoms with Crippen LogP contribution in [0.15, 0.2) is 10.4 Å². The molecule has 0 saturated heterocycles. The number of hydrogen-bond acceptors (Lipinski definition) is 5. The zero-order chi connectivity index (χ0) is 19.7. The third-order valence-corrected chi connectivity index (χ3v) is 4.75. The maximum atomic E-state index is 12.3. The summed E-state index contributed by atoms with van der Waals surface area (Å²) < 4.78 is 42.1. The van der Waals surface area contributed by atoms with Gasteiger partial charge in [-0.05, 0) is 26.9 Å². The lowest BCUT2D eigenvalue weighted by Gasteiger charge is -2.22. The molecule has 0 amide bonds.